The summed E-state index contributed by atoms with van der Waals surface area (Å²) in [7, 11) is 0. The minimum Gasteiger partial charge on any atom is -0.390 e. The zero-order valence-corrected chi connectivity index (χ0v) is 9.55. The molecule has 0 aliphatic heterocycles. The van der Waals surface area contributed by atoms with E-state index >= 15 is 0 Å². The van der Waals surface area contributed by atoms with Crippen molar-refractivity contribution < 1.29 is 5.11 Å². The zero-order valence-electron chi connectivity index (χ0n) is 7.97. The van der Waals surface area contributed by atoms with Crippen LogP contribution in [0.3, 0.4) is 0 Å². The largest absolute Gasteiger partial charge is 0.390 e. The first-order valence-electron chi connectivity index (χ1n) is 4.52. The van der Waals surface area contributed by atoms with Crippen LogP contribution in [-0.4, -0.2) is 20.1 Å². The van der Waals surface area contributed by atoms with Gasteiger partial charge in [-0.2, -0.15) is 0 Å². The summed E-state index contributed by atoms with van der Waals surface area (Å²) in [6.07, 6.45) is 1.74. The van der Waals surface area contributed by atoms with Crippen molar-refractivity contribution >= 4 is 15.9 Å². The summed E-state index contributed by atoms with van der Waals surface area (Å²) < 4.78 is 2.75. The van der Waals surface area contributed by atoms with Crippen LogP contribution in [0.1, 0.15) is 11.3 Å². The van der Waals surface area contributed by atoms with Gasteiger partial charge in [0.1, 0.15) is 5.69 Å². The Hall–Kier alpha value is -1.20. The van der Waals surface area contributed by atoms with Gasteiger partial charge in [0.05, 0.1) is 19.3 Å². The highest BCUT2D eigenvalue weighted by Gasteiger charge is 2.00. The molecule has 1 aromatic heterocycles. The molecule has 0 bridgehead atoms. The third-order valence-electron chi connectivity index (χ3n) is 1.98. The maximum absolute atomic E-state index is 8.84. The predicted octanol–water partition coefficient (Wildman–Crippen LogP) is 1.58. The highest BCUT2D eigenvalue weighted by atomic mass is 79.9. The van der Waals surface area contributed by atoms with Gasteiger partial charge in [-0.25, -0.2) is 4.68 Å². The van der Waals surface area contributed by atoms with Gasteiger partial charge in [0.25, 0.3) is 0 Å². The smallest absolute Gasteiger partial charge is 0.108 e. The Balaban J connectivity index is 2.14. The second-order valence-electron chi connectivity index (χ2n) is 3.20. The van der Waals surface area contributed by atoms with E-state index < -0.39 is 0 Å². The number of aromatic nitrogens is 3. The number of halogens is 1. The molecule has 0 radical (unpaired) electrons. The summed E-state index contributed by atoms with van der Waals surface area (Å²) in [6, 6.07) is 8.00. The quantitative estimate of drug-likeness (QED) is 0.919. The summed E-state index contributed by atoms with van der Waals surface area (Å²) in [5, 5.41) is 16.5. The summed E-state index contributed by atoms with van der Waals surface area (Å²) >= 11 is 3.41. The van der Waals surface area contributed by atoms with Crippen LogP contribution in [0.5, 0.6) is 0 Å². The third kappa shape index (κ3) is 2.64. The fraction of sp³-hybridized carbons (Fsp3) is 0.200. The average molecular weight is 268 g/mol. The Morgan fingerprint density at radius 3 is 2.93 bits per heavy atom. The minimum atomic E-state index is -0.0709. The lowest BCUT2D eigenvalue weighted by molar-refractivity contribution is 0.276. The fourth-order valence-corrected chi connectivity index (χ4v) is 1.76. The molecule has 5 heteroatoms. The molecule has 2 aromatic rings. The maximum Gasteiger partial charge on any atom is 0.108 e. The molecule has 15 heavy (non-hydrogen) atoms. The summed E-state index contributed by atoms with van der Waals surface area (Å²) in [4.78, 5) is 0. The van der Waals surface area contributed by atoms with Crippen LogP contribution in [0.2, 0.25) is 0 Å². The Morgan fingerprint density at radius 2 is 2.27 bits per heavy atom. The van der Waals surface area contributed by atoms with Crippen LogP contribution in [0.4, 0.5) is 0 Å². The SMILES string of the molecule is OCc1cn(Cc2cccc(Br)c2)nn1. The molecule has 1 aromatic carbocycles. The summed E-state index contributed by atoms with van der Waals surface area (Å²) in [6.45, 7) is 0.588. The Bertz CT molecular complexity index is 455. The highest BCUT2D eigenvalue weighted by molar-refractivity contribution is 9.10. The van der Waals surface area contributed by atoms with Gasteiger partial charge < -0.3 is 5.11 Å². The van der Waals surface area contributed by atoms with E-state index in [-0.39, 0.29) is 6.61 Å². The van der Waals surface area contributed by atoms with Crippen molar-refractivity contribution in [2.75, 3.05) is 0 Å². The van der Waals surface area contributed by atoms with Crippen molar-refractivity contribution in [3.05, 3.63) is 46.2 Å². The lowest BCUT2D eigenvalue weighted by Crippen LogP contribution is -2.00. The molecule has 0 spiro atoms. The molecule has 0 amide bonds. The first-order chi connectivity index (χ1) is 7.28. The van der Waals surface area contributed by atoms with Crippen LogP contribution >= 0.6 is 15.9 Å². The normalized spacial score (nSPS) is 10.5. The van der Waals surface area contributed by atoms with Crippen molar-refractivity contribution in [2.45, 2.75) is 13.2 Å². The van der Waals surface area contributed by atoms with Crippen LogP contribution in [0.15, 0.2) is 34.9 Å². The number of hydrogen-bond donors (Lipinski definition) is 1. The highest BCUT2D eigenvalue weighted by Crippen LogP contribution is 2.12. The number of rotatable bonds is 3. The van der Waals surface area contributed by atoms with Gasteiger partial charge >= 0.3 is 0 Å². The van der Waals surface area contributed by atoms with Gasteiger partial charge in [-0.05, 0) is 17.7 Å². The van der Waals surface area contributed by atoms with Crippen molar-refractivity contribution in [1.82, 2.24) is 15.0 Å². The molecule has 0 aliphatic carbocycles. The average Bonchev–Trinajstić information content (AvgIpc) is 2.65. The molecule has 78 valence electrons. The molecule has 2 rings (SSSR count). The van der Waals surface area contributed by atoms with E-state index in [4.69, 9.17) is 5.11 Å². The monoisotopic (exact) mass is 267 g/mol. The fourth-order valence-electron chi connectivity index (χ4n) is 1.31. The van der Waals surface area contributed by atoms with E-state index in [0.717, 1.165) is 10.0 Å². The van der Waals surface area contributed by atoms with Crippen LogP contribution in [0.25, 0.3) is 0 Å². The zero-order chi connectivity index (χ0) is 10.7. The Kier molecular flexibility index (Phi) is 3.13. The van der Waals surface area contributed by atoms with Crippen LogP contribution in [-0.2, 0) is 13.2 Å². The van der Waals surface area contributed by atoms with Gasteiger partial charge in [-0.15, -0.1) is 5.10 Å². The second kappa shape index (κ2) is 4.55. The van der Waals surface area contributed by atoms with Gasteiger partial charge in [0.15, 0.2) is 0 Å². The Morgan fingerprint density at radius 1 is 1.40 bits per heavy atom. The molecule has 0 unspecified atom stereocenters. The number of benzene rings is 1. The molecule has 0 fully saturated rings. The van der Waals surface area contributed by atoms with Crippen molar-refractivity contribution in [2.24, 2.45) is 0 Å². The molecule has 1 N–H and O–H groups in total. The molecule has 0 atom stereocenters. The van der Waals surface area contributed by atoms with Crippen LogP contribution < -0.4 is 0 Å². The van der Waals surface area contributed by atoms with E-state index in [9.17, 15) is 0 Å². The van der Waals surface area contributed by atoms with Gasteiger partial charge in [-0.3, -0.25) is 0 Å². The lowest BCUT2D eigenvalue weighted by Gasteiger charge is -2.00. The second-order valence-corrected chi connectivity index (χ2v) is 4.11. The minimum absolute atomic E-state index is 0.0709. The van der Waals surface area contributed by atoms with Gasteiger partial charge in [-0.1, -0.05) is 33.3 Å². The van der Waals surface area contributed by atoms with Crippen LogP contribution in [0, 0.1) is 0 Å². The number of nitrogens with zero attached hydrogens (tertiary/aromatic N) is 3. The maximum atomic E-state index is 8.84. The molecule has 0 saturated heterocycles. The molecule has 4 nitrogen and oxygen atoms in total. The number of aliphatic hydroxyl groups excluding tert-OH is 1. The van der Waals surface area contributed by atoms with Gasteiger partial charge in [0.2, 0.25) is 0 Å². The summed E-state index contributed by atoms with van der Waals surface area (Å²) in [5.41, 5.74) is 1.73. The van der Waals surface area contributed by atoms with Crippen molar-refractivity contribution in [3.63, 3.8) is 0 Å². The first kappa shape index (κ1) is 10.3. The molecule has 0 saturated carbocycles. The predicted molar refractivity (Wildman–Crippen MR) is 59.2 cm³/mol. The standard InChI is InChI=1S/C10H10BrN3O/c11-9-3-1-2-8(4-9)5-14-6-10(7-15)12-13-14/h1-4,6,15H,5,7H2. The molecular weight excluding hydrogens is 258 g/mol. The number of aliphatic hydroxyl groups is 1. The molecule has 1 heterocycles. The molecular formula is C10H10BrN3O. The number of hydrogen-bond acceptors (Lipinski definition) is 3. The first-order valence-corrected chi connectivity index (χ1v) is 5.31. The van der Waals surface area contributed by atoms with E-state index in [1.54, 1.807) is 10.9 Å². The topological polar surface area (TPSA) is 50.9 Å². The van der Waals surface area contributed by atoms with Crippen molar-refractivity contribution in [1.29, 1.82) is 0 Å². The van der Waals surface area contributed by atoms with Gasteiger partial charge in [0, 0.05) is 4.47 Å². The summed E-state index contributed by atoms with van der Waals surface area (Å²) in [5.74, 6) is 0. The van der Waals surface area contributed by atoms with E-state index in [1.807, 2.05) is 24.3 Å². The van der Waals surface area contributed by atoms with Crippen molar-refractivity contribution in [3.8, 4) is 0 Å². The van der Waals surface area contributed by atoms with E-state index in [1.165, 1.54) is 0 Å². The molecule has 0 aliphatic rings. The van der Waals surface area contributed by atoms with E-state index in [2.05, 4.69) is 26.2 Å². The van der Waals surface area contributed by atoms with E-state index in [0.29, 0.717) is 12.2 Å². The Labute approximate surface area is 95.7 Å². The lowest BCUT2D eigenvalue weighted by atomic mass is 10.2. The third-order valence-corrected chi connectivity index (χ3v) is 2.47.